The average molecular weight is 355 g/mol. The lowest BCUT2D eigenvalue weighted by Gasteiger charge is -2.08. The van der Waals surface area contributed by atoms with E-state index in [0.717, 1.165) is 30.4 Å². The number of nitrogens with zero attached hydrogens (tertiary/aromatic N) is 1. The maximum Gasteiger partial charge on any atom is 0.215 e. The Labute approximate surface area is 148 Å². The number of pyridine rings is 1. The Morgan fingerprint density at radius 3 is 2.80 bits per heavy atom. The number of hydrogen-bond donors (Lipinski definition) is 2. The summed E-state index contributed by atoms with van der Waals surface area (Å²) in [5.74, 6) is 6.10. The number of aryl methyl sites for hydroxylation is 1. The van der Waals surface area contributed by atoms with Gasteiger partial charge >= 0.3 is 0 Å². The lowest BCUT2D eigenvalue weighted by atomic mass is 9.98. The molecule has 0 bridgehead atoms. The van der Waals surface area contributed by atoms with Crippen LogP contribution < -0.4 is 10.5 Å². The van der Waals surface area contributed by atoms with Crippen LogP contribution in [0.3, 0.4) is 0 Å². The highest BCUT2D eigenvalue weighted by Gasteiger charge is 2.34. The van der Waals surface area contributed by atoms with Gasteiger partial charge in [-0.15, -0.1) is 0 Å². The van der Waals surface area contributed by atoms with Crippen molar-refractivity contribution in [2.45, 2.75) is 31.4 Å². The highest BCUT2D eigenvalue weighted by atomic mass is 32.2. The molecule has 0 aliphatic heterocycles. The number of nitrogens with two attached hydrogens (primary N) is 1. The number of rotatable bonds is 5. The zero-order valence-corrected chi connectivity index (χ0v) is 14.9. The fourth-order valence-corrected chi connectivity index (χ4v) is 3.87. The van der Waals surface area contributed by atoms with Crippen molar-refractivity contribution in [2.75, 3.05) is 12.3 Å². The van der Waals surface area contributed by atoms with Crippen molar-refractivity contribution in [3.63, 3.8) is 0 Å². The number of benzene rings is 1. The minimum Gasteiger partial charge on any atom is -0.383 e. The third kappa shape index (κ3) is 4.19. The highest BCUT2D eigenvalue weighted by Crippen LogP contribution is 2.27. The molecule has 0 unspecified atom stereocenters. The van der Waals surface area contributed by atoms with Crippen LogP contribution >= 0.6 is 0 Å². The van der Waals surface area contributed by atoms with Crippen LogP contribution in [-0.2, 0) is 16.4 Å². The van der Waals surface area contributed by atoms with E-state index in [2.05, 4.69) is 34.5 Å². The second kappa shape index (κ2) is 7.26. The first kappa shape index (κ1) is 17.5. The van der Waals surface area contributed by atoms with E-state index in [1.165, 1.54) is 5.56 Å². The molecule has 1 aromatic carbocycles. The van der Waals surface area contributed by atoms with Gasteiger partial charge in [0, 0.05) is 11.8 Å². The Bertz CT molecular complexity index is 939. The van der Waals surface area contributed by atoms with Gasteiger partial charge in [-0.25, -0.2) is 18.1 Å². The summed E-state index contributed by atoms with van der Waals surface area (Å²) in [7, 11) is -3.21. The van der Waals surface area contributed by atoms with Crippen molar-refractivity contribution < 1.29 is 8.42 Å². The first-order valence-corrected chi connectivity index (χ1v) is 9.87. The monoisotopic (exact) mass is 355 g/mol. The van der Waals surface area contributed by atoms with Crippen molar-refractivity contribution in [3.8, 4) is 23.0 Å². The number of sulfonamides is 1. The van der Waals surface area contributed by atoms with E-state index in [4.69, 9.17) is 5.73 Å². The molecule has 6 heteroatoms. The average Bonchev–Trinajstić information content (AvgIpc) is 3.46. The molecule has 3 N–H and O–H groups in total. The maximum atomic E-state index is 11.8. The molecule has 130 valence electrons. The smallest absolute Gasteiger partial charge is 0.215 e. The van der Waals surface area contributed by atoms with Crippen molar-refractivity contribution in [1.29, 1.82) is 0 Å². The lowest BCUT2D eigenvalue weighted by molar-refractivity contribution is 0.584. The van der Waals surface area contributed by atoms with E-state index in [1.807, 2.05) is 24.3 Å². The molecule has 1 aromatic heterocycles. The topological polar surface area (TPSA) is 85.1 Å². The highest BCUT2D eigenvalue weighted by molar-refractivity contribution is 7.90. The first-order valence-electron chi connectivity index (χ1n) is 8.32. The van der Waals surface area contributed by atoms with E-state index in [1.54, 1.807) is 6.20 Å². The molecule has 1 aliphatic carbocycles. The van der Waals surface area contributed by atoms with Gasteiger partial charge in [-0.1, -0.05) is 43.0 Å². The van der Waals surface area contributed by atoms with E-state index in [0.29, 0.717) is 11.4 Å². The Kier molecular flexibility index (Phi) is 5.07. The van der Waals surface area contributed by atoms with Crippen LogP contribution in [0.1, 0.15) is 30.9 Å². The molecule has 1 aliphatic rings. The zero-order chi connectivity index (χ0) is 17.9. The van der Waals surface area contributed by atoms with Crippen LogP contribution in [0.5, 0.6) is 0 Å². The maximum absolute atomic E-state index is 11.8. The van der Waals surface area contributed by atoms with E-state index < -0.39 is 10.0 Å². The largest absolute Gasteiger partial charge is 0.383 e. The van der Waals surface area contributed by atoms with Crippen LogP contribution in [0.25, 0.3) is 11.1 Å². The van der Waals surface area contributed by atoms with Gasteiger partial charge in [-0.05, 0) is 36.5 Å². The molecule has 25 heavy (non-hydrogen) atoms. The predicted octanol–water partition coefficient (Wildman–Crippen LogP) is 2.33. The third-order valence-electron chi connectivity index (χ3n) is 4.18. The van der Waals surface area contributed by atoms with E-state index in [-0.39, 0.29) is 11.8 Å². The quantitative estimate of drug-likeness (QED) is 0.806. The van der Waals surface area contributed by atoms with Crippen molar-refractivity contribution in [2.24, 2.45) is 0 Å². The summed E-state index contributed by atoms with van der Waals surface area (Å²) < 4.78 is 26.0. The number of anilines is 1. The third-order valence-corrected chi connectivity index (χ3v) is 6.07. The van der Waals surface area contributed by atoms with E-state index >= 15 is 0 Å². The van der Waals surface area contributed by atoms with Crippen LogP contribution in [0, 0.1) is 11.8 Å². The molecule has 1 fully saturated rings. The van der Waals surface area contributed by atoms with Crippen molar-refractivity contribution >= 4 is 15.8 Å². The minimum absolute atomic E-state index is 0.0774. The Morgan fingerprint density at radius 2 is 2.08 bits per heavy atom. The molecule has 1 heterocycles. The number of nitrogen functional groups attached to an aromatic ring is 1. The molecule has 0 atom stereocenters. The van der Waals surface area contributed by atoms with Crippen LogP contribution in [0.2, 0.25) is 0 Å². The summed E-state index contributed by atoms with van der Waals surface area (Å²) in [6.45, 7) is 2.18. The molecule has 5 nitrogen and oxygen atoms in total. The minimum atomic E-state index is -3.21. The molecular formula is C19H21N3O2S. The lowest BCUT2D eigenvalue weighted by Crippen LogP contribution is -2.27. The van der Waals surface area contributed by atoms with Gasteiger partial charge < -0.3 is 5.73 Å². The van der Waals surface area contributed by atoms with Gasteiger partial charge in [0.1, 0.15) is 5.82 Å². The standard InChI is InChI=1S/C19H21N3O2S/c1-2-14-6-3-4-8-18(14)16-12-15(19(20)21-13-16)7-5-11-22-25(23,24)17-9-10-17/h3-4,6,8,12-13,17,22H,2,9-11H2,1H3,(H2,20,21). The summed E-state index contributed by atoms with van der Waals surface area (Å²) in [6, 6.07) is 10.0. The molecule has 0 saturated heterocycles. The zero-order valence-electron chi connectivity index (χ0n) is 14.1. The number of hydrogen-bond acceptors (Lipinski definition) is 4. The molecule has 0 amide bonds. The summed E-state index contributed by atoms with van der Waals surface area (Å²) in [6.07, 6.45) is 4.13. The molecule has 3 rings (SSSR count). The molecule has 2 aromatic rings. The fraction of sp³-hybridized carbons (Fsp3) is 0.316. The summed E-state index contributed by atoms with van der Waals surface area (Å²) in [5, 5.41) is -0.241. The van der Waals surface area contributed by atoms with E-state index in [9.17, 15) is 8.42 Å². The molecule has 0 spiro atoms. The van der Waals surface area contributed by atoms with Crippen LogP contribution in [0.15, 0.2) is 36.5 Å². The second-order valence-electron chi connectivity index (χ2n) is 6.03. The summed E-state index contributed by atoms with van der Waals surface area (Å²) >= 11 is 0. The SMILES string of the molecule is CCc1ccccc1-c1cnc(N)c(C#CCNS(=O)(=O)C2CC2)c1. The molecule has 0 radical (unpaired) electrons. The van der Waals surface area contributed by atoms with Crippen LogP contribution in [0.4, 0.5) is 5.82 Å². The molecular weight excluding hydrogens is 334 g/mol. The second-order valence-corrected chi connectivity index (χ2v) is 8.08. The van der Waals surface area contributed by atoms with Gasteiger partial charge in [-0.3, -0.25) is 0 Å². The van der Waals surface area contributed by atoms with Gasteiger partial charge in [0.15, 0.2) is 0 Å². The normalized spacial score (nSPS) is 14.0. The van der Waals surface area contributed by atoms with Crippen molar-refractivity contribution in [3.05, 3.63) is 47.7 Å². The first-order chi connectivity index (χ1) is 12.0. The Hall–Kier alpha value is -2.36. The number of aromatic nitrogens is 1. The summed E-state index contributed by atoms with van der Waals surface area (Å²) in [4.78, 5) is 4.23. The van der Waals surface area contributed by atoms with Crippen LogP contribution in [-0.4, -0.2) is 25.2 Å². The van der Waals surface area contributed by atoms with Crippen molar-refractivity contribution in [1.82, 2.24) is 9.71 Å². The number of nitrogens with one attached hydrogen (secondary N) is 1. The fourth-order valence-electron chi connectivity index (χ4n) is 2.61. The van der Waals surface area contributed by atoms with Gasteiger partial charge in [0.2, 0.25) is 10.0 Å². The summed E-state index contributed by atoms with van der Waals surface area (Å²) in [5.41, 5.74) is 9.80. The van der Waals surface area contributed by atoms with Gasteiger partial charge in [0.25, 0.3) is 0 Å². The van der Waals surface area contributed by atoms with Gasteiger partial charge in [-0.2, -0.15) is 0 Å². The van der Waals surface area contributed by atoms with Gasteiger partial charge in [0.05, 0.1) is 17.4 Å². The molecule has 1 saturated carbocycles. The Balaban J connectivity index is 1.80. The Morgan fingerprint density at radius 1 is 1.32 bits per heavy atom. The predicted molar refractivity (Wildman–Crippen MR) is 100 cm³/mol.